The van der Waals surface area contributed by atoms with Gasteiger partial charge < -0.3 is 10.2 Å². The lowest BCUT2D eigenvalue weighted by Crippen LogP contribution is -2.35. The molecule has 2 atom stereocenters. The first-order valence-corrected chi connectivity index (χ1v) is 7.46. The van der Waals surface area contributed by atoms with E-state index in [4.69, 9.17) is 0 Å². The van der Waals surface area contributed by atoms with Crippen molar-refractivity contribution in [2.45, 2.75) is 72.4 Å². The molecule has 2 unspecified atom stereocenters. The molecule has 0 aliphatic rings. The Morgan fingerprint density at radius 2 is 1.76 bits per heavy atom. The molecule has 0 rings (SSSR count). The highest BCUT2D eigenvalue weighted by atomic mass is 15.1. The molecule has 0 spiro atoms. The average Bonchev–Trinajstić information content (AvgIpc) is 2.31. The van der Waals surface area contributed by atoms with E-state index in [0.29, 0.717) is 6.04 Å². The maximum atomic E-state index is 3.63. The molecule has 0 saturated carbocycles. The maximum absolute atomic E-state index is 3.63. The van der Waals surface area contributed by atoms with Crippen molar-refractivity contribution in [3.63, 3.8) is 0 Å². The molecular formula is C15H34N2. The number of hydrogen-bond donors (Lipinski definition) is 1. The summed E-state index contributed by atoms with van der Waals surface area (Å²) in [7, 11) is 2.26. The van der Waals surface area contributed by atoms with Crippen LogP contribution in [0, 0.1) is 5.92 Å². The van der Waals surface area contributed by atoms with Crippen LogP contribution in [0.2, 0.25) is 0 Å². The molecule has 0 aromatic carbocycles. The summed E-state index contributed by atoms with van der Waals surface area (Å²) in [5.41, 5.74) is 0. The Morgan fingerprint density at radius 3 is 2.24 bits per heavy atom. The molecule has 0 heterocycles. The van der Waals surface area contributed by atoms with Gasteiger partial charge in [0.05, 0.1) is 0 Å². The summed E-state index contributed by atoms with van der Waals surface area (Å²) in [6.07, 6.45) is 5.11. The summed E-state index contributed by atoms with van der Waals surface area (Å²) in [5.74, 6) is 0.750. The third kappa shape index (κ3) is 7.77. The first kappa shape index (κ1) is 16.9. The molecule has 0 saturated heterocycles. The Morgan fingerprint density at radius 1 is 1.12 bits per heavy atom. The first-order chi connectivity index (χ1) is 8.02. The SMILES string of the molecule is CCCNC(CC)CCCN(C)C(C)C(C)C. The Kier molecular flexibility index (Phi) is 9.85. The topological polar surface area (TPSA) is 15.3 Å². The van der Waals surface area contributed by atoms with Crippen LogP contribution in [0.1, 0.15) is 60.3 Å². The lowest BCUT2D eigenvalue weighted by molar-refractivity contribution is 0.202. The summed E-state index contributed by atoms with van der Waals surface area (Å²) in [4.78, 5) is 2.50. The van der Waals surface area contributed by atoms with Crippen LogP contribution in [-0.2, 0) is 0 Å². The standard InChI is InChI=1S/C15H34N2/c1-7-11-16-15(8-2)10-9-12-17(6)14(5)13(3)4/h13-16H,7-12H2,1-6H3. The monoisotopic (exact) mass is 242 g/mol. The van der Waals surface area contributed by atoms with E-state index in [1.165, 1.54) is 32.2 Å². The number of hydrogen-bond acceptors (Lipinski definition) is 2. The second-order valence-electron chi connectivity index (χ2n) is 5.67. The molecule has 0 aromatic heterocycles. The lowest BCUT2D eigenvalue weighted by Gasteiger charge is -2.28. The smallest absolute Gasteiger partial charge is 0.00868 e. The van der Waals surface area contributed by atoms with E-state index < -0.39 is 0 Å². The average molecular weight is 242 g/mol. The second kappa shape index (κ2) is 9.90. The predicted octanol–water partition coefficient (Wildman–Crippen LogP) is 3.52. The van der Waals surface area contributed by atoms with Gasteiger partial charge in [0.25, 0.3) is 0 Å². The van der Waals surface area contributed by atoms with Gasteiger partial charge in [-0.3, -0.25) is 0 Å². The molecule has 0 aliphatic heterocycles. The van der Waals surface area contributed by atoms with Gasteiger partial charge in [0.2, 0.25) is 0 Å². The van der Waals surface area contributed by atoms with Gasteiger partial charge in [-0.15, -0.1) is 0 Å². The van der Waals surface area contributed by atoms with E-state index >= 15 is 0 Å². The highest BCUT2D eigenvalue weighted by molar-refractivity contribution is 4.69. The molecule has 104 valence electrons. The fraction of sp³-hybridized carbons (Fsp3) is 1.00. The molecule has 0 bridgehead atoms. The van der Waals surface area contributed by atoms with Crippen molar-refractivity contribution in [1.29, 1.82) is 0 Å². The Bertz CT molecular complexity index is 168. The normalized spacial score (nSPS) is 15.5. The van der Waals surface area contributed by atoms with Crippen LogP contribution >= 0.6 is 0 Å². The molecule has 0 amide bonds. The van der Waals surface area contributed by atoms with Crippen molar-refractivity contribution in [2.75, 3.05) is 20.1 Å². The molecular weight excluding hydrogens is 208 g/mol. The minimum atomic E-state index is 0.693. The van der Waals surface area contributed by atoms with Crippen LogP contribution in [0.25, 0.3) is 0 Å². The molecule has 0 fully saturated rings. The van der Waals surface area contributed by atoms with E-state index in [9.17, 15) is 0 Å². The molecule has 0 radical (unpaired) electrons. The molecule has 2 heteroatoms. The van der Waals surface area contributed by atoms with Crippen molar-refractivity contribution in [3.05, 3.63) is 0 Å². The summed E-state index contributed by atoms with van der Waals surface area (Å²) in [6, 6.07) is 1.41. The van der Waals surface area contributed by atoms with E-state index in [1.54, 1.807) is 0 Å². The van der Waals surface area contributed by atoms with Crippen LogP contribution in [0.5, 0.6) is 0 Å². The van der Waals surface area contributed by atoms with Crippen molar-refractivity contribution in [1.82, 2.24) is 10.2 Å². The number of rotatable bonds is 10. The van der Waals surface area contributed by atoms with E-state index in [-0.39, 0.29) is 0 Å². The van der Waals surface area contributed by atoms with Gasteiger partial charge in [-0.05, 0) is 58.7 Å². The summed E-state index contributed by atoms with van der Waals surface area (Å²) in [5, 5.41) is 3.63. The largest absolute Gasteiger partial charge is 0.314 e. The third-order valence-corrected chi connectivity index (χ3v) is 3.90. The van der Waals surface area contributed by atoms with Gasteiger partial charge in [0, 0.05) is 12.1 Å². The minimum absolute atomic E-state index is 0.693. The highest BCUT2D eigenvalue weighted by Gasteiger charge is 2.13. The molecule has 2 nitrogen and oxygen atoms in total. The van der Waals surface area contributed by atoms with E-state index in [1.807, 2.05) is 0 Å². The van der Waals surface area contributed by atoms with E-state index in [2.05, 4.69) is 51.9 Å². The minimum Gasteiger partial charge on any atom is -0.314 e. The Hall–Kier alpha value is -0.0800. The van der Waals surface area contributed by atoms with Gasteiger partial charge in [0.15, 0.2) is 0 Å². The van der Waals surface area contributed by atoms with Gasteiger partial charge in [-0.2, -0.15) is 0 Å². The fourth-order valence-electron chi connectivity index (χ4n) is 2.10. The van der Waals surface area contributed by atoms with Crippen molar-refractivity contribution < 1.29 is 0 Å². The quantitative estimate of drug-likeness (QED) is 0.630. The molecule has 0 aromatic rings. The maximum Gasteiger partial charge on any atom is 0.00868 e. The summed E-state index contributed by atoms with van der Waals surface area (Å²) in [6.45, 7) is 13.8. The van der Waals surface area contributed by atoms with Crippen molar-refractivity contribution >= 4 is 0 Å². The van der Waals surface area contributed by atoms with Crippen LogP contribution in [0.3, 0.4) is 0 Å². The number of nitrogens with zero attached hydrogens (tertiary/aromatic N) is 1. The second-order valence-corrected chi connectivity index (χ2v) is 5.67. The zero-order valence-corrected chi connectivity index (χ0v) is 12.9. The van der Waals surface area contributed by atoms with Crippen LogP contribution < -0.4 is 5.32 Å². The Labute approximate surface area is 109 Å². The van der Waals surface area contributed by atoms with Crippen LogP contribution in [0.4, 0.5) is 0 Å². The van der Waals surface area contributed by atoms with Gasteiger partial charge in [0.1, 0.15) is 0 Å². The Balaban J connectivity index is 3.72. The fourth-order valence-corrected chi connectivity index (χ4v) is 2.10. The van der Waals surface area contributed by atoms with Crippen molar-refractivity contribution in [3.8, 4) is 0 Å². The lowest BCUT2D eigenvalue weighted by atomic mass is 10.0. The third-order valence-electron chi connectivity index (χ3n) is 3.90. The van der Waals surface area contributed by atoms with Crippen molar-refractivity contribution in [2.24, 2.45) is 5.92 Å². The van der Waals surface area contributed by atoms with E-state index in [0.717, 1.165) is 18.5 Å². The molecule has 1 N–H and O–H groups in total. The van der Waals surface area contributed by atoms with Crippen LogP contribution in [0.15, 0.2) is 0 Å². The zero-order chi connectivity index (χ0) is 13.3. The molecule has 17 heavy (non-hydrogen) atoms. The summed E-state index contributed by atoms with van der Waals surface area (Å²) < 4.78 is 0. The summed E-state index contributed by atoms with van der Waals surface area (Å²) >= 11 is 0. The number of nitrogens with one attached hydrogen (secondary N) is 1. The van der Waals surface area contributed by atoms with Gasteiger partial charge in [-0.25, -0.2) is 0 Å². The molecule has 0 aliphatic carbocycles. The predicted molar refractivity (Wildman–Crippen MR) is 78.5 cm³/mol. The first-order valence-electron chi connectivity index (χ1n) is 7.46. The van der Waals surface area contributed by atoms with Gasteiger partial charge in [-0.1, -0.05) is 27.7 Å². The van der Waals surface area contributed by atoms with Crippen LogP contribution in [-0.4, -0.2) is 37.1 Å². The van der Waals surface area contributed by atoms with Gasteiger partial charge >= 0.3 is 0 Å². The highest BCUT2D eigenvalue weighted by Crippen LogP contribution is 2.10. The zero-order valence-electron chi connectivity index (χ0n) is 12.9.